The van der Waals surface area contributed by atoms with Gasteiger partial charge >= 0.3 is 0 Å². The van der Waals surface area contributed by atoms with Crippen molar-refractivity contribution in [2.24, 2.45) is 4.30 Å². The van der Waals surface area contributed by atoms with Gasteiger partial charge in [0.1, 0.15) is 0 Å². The van der Waals surface area contributed by atoms with Gasteiger partial charge in [0.05, 0.1) is 0 Å². The van der Waals surface area contributed by atoms with Crippen molar-refractivity contribution >= 4 is 35.4 Å². The Bertz CT molecular complexity index is 304. The van der Waals surface area contributed by atoms with Crippen LogP contribution in [0.15, 0.2) is 4.30 Å². The van der Waals surface area contributed by atoms with Crippen LogP contribution < -0.4 is 0 Å². The standard InChI is InChI=1S/C8H26N4Si4/c1-10-13-9-14(4)11(2)16(7,8)12(3)15(10,5)6/h13H2,1-8H3. The SMILES string of the molecule is CN1[SiH2]N=[Si](C)N(C)[Si](C)(C)N(C)[Si]1(C)C. The van der Waals surface area contributed by atoms with Crippen molar-refractivity contribution in [1.82, 2.24) is 12.7 Å². The first kappa shape index (κ1) is 14.4. The molecular formula is C8H26N4Si4. The van der Waals surface area contributed by atoms with Crippen LogP contribution in [0.25, 0.3) is 0 Å². The summed E-state index contributed by atoms with van der Waals surface area (Å²) in [6, 6.07) is 0. The zero-order chi connectivity index (χ0) is 12.7. The zero-order valence-corrected chi connectivity index (χ0v) is 16.4. The monoisotopic (exact) mass is 290 g/mol. The first-order valence-electron chi connectivity index (χ1n) is 5.82. The molecule has 16 heavy (non-hydrogen) atoms. The third-order valence-electron chi connectivity index (χ3n) is 4.39. The Morgan fingerprint density at radius 2 is 1.50 bits per heavy atom. The Morgan fingerprint density at radius 1 is 1.00 bits per heavy atom. The molecule has 0 saturated heterocycles. The van der Waals surface area contributed by atoms with E-state index in [1.165, 1.54) is 0 Å². The Hall–Kier alpha value is 0.388. The Morgan fingerprint density at radius 3 is 2.00 bits per heavy atom. The van der Waals surface area contributed by atoms with Crippen LogP contribution in [0.2, 0.25) is 32.7 Å². The molecule has 0 aromatic heterocycles. The molecule has 0 aliphatic carbocycles. The lowest BCUT2D eigenvalue weighted by Crippen LogP contribution is -2.74. The molecular weight excluding hydrogens is 264 g/mol. The van der Waals surface area contributed by atoms with Crippen molar-refractivity contribution in [3.8, 4) is 0 Å². The van der Waals surface area contributed by atoms with E-state index in [2.05, 4.69) is 66.6 Å². The lowest BCUT2D eigenvalue weighted by Gasteiger charge is -2.53. The third kappa shape index (κ3) is 2.31. The molecule has 0 amide bonds. The van der Waals surface area contributed by atoms with Crippen molar-refractivity contribution < 1.29 is 0 Å². The zero-order valence-electron chi connectivity index (χ0n) is 12.0. The molecule has 0 saturated carbocycles. The fourth-order valence-corrected chi connectivity index (χ4v) is 19.5. The fourth-order valence-electron chi connectivity index (χ4n) is 2.03. The van der Waals surface area contributed by atoms with Gasteiger partial charge in [-0.3, -0.25) is 0 Å². The lowest BCUT2D eigenvalue weighted by atomic mass is 11.6. The van der Waals surface area contributed by atoms with Gasteiger partial charge in [-0.25, -0.2) is 0 Å². The maximum atomic E-state index is 5.01. The summed E-state index contributed by atoms with van der Waals surface area (Å²) in [6.07, 6.45) is 0. The molecule has 0 fully saturated rings. The Labute approximate surface area is 106 Å². The molecule has 94 valence electrons. The smallest absolute Gasteiger partial charge is 0.217 e. The van der Waals surface area contributed by atoms with Crippen LogP contribution in [-0.2, 0) is 0 Å². The van der Waals surface area contributed by atoms with Crippen LogP contribution in [0.4, 0.5) is 0 Å². The predicted molar refractivity (Wildman–Crippen MR) is 80.8 cm³/mol. The van der Waals surface area contributed by atoms with Gasteiger partial charge in [0, 0.05) is 0 Å². The highest BCUT2D eigenvalue weighted by molar-refractivity contribution is 6.93. The van der Waals surface area contributed by atoms with Crippen LogP contribution in [-0.4, -0.2) is 69.2 Å². The van der Waals surface area contributed by atoms with E-state index >= 15 is 0 Å². The number of rotatable bonds is 0. The highest BCUT2D eigenvalue weighted by atomic mass is 28.5. The van der Waals surface area contributed by atoms with Crippen molar-refractivity contribution in [2.75, 3.05) is 21.1 Å². The average Bonchev–Trinajstić information content (AvgIpc) is 2.21. The van der Waals surface area contributed by atoms with Crippen LogP contribution in [0, 0.1) is 0 Å². The summed E-state index contributed by atoms with van der Waals surface area (Å²) in [6.45, 7) is 12.2. The second-order valence-electron chi connectivity index (χ2n) is 5.65. The predicted octanol–water partition coefficient (Wildman–Crippen LogP) is 0.584. The van der Waals surface area contributed by atoms with Gasteiger partial charge in [0.15, 0.2) is 8.40 Å². The topological polar surface area (TPSA) is 22.1 Å². The van der Waals surface area contributed by atoms with Gasteiger partial charge in [0.2, 0.25) is 27.0 Å². The maximum Gasteiger partial charge on any atom is 0.217 e. The van der Waals surface area contributed by atoms with Gasteiger partial charge in [-0.1, -0.05) is 0 Å². The largest absolute Gasteiger partial charge is 0.412 e. The van der Waals surface area contributed by atoms with Crippen LogP contribution in [0.1, 0.15) is 0 Å². The molecule has 0 atom stereocenters. The van der Waals surface area contributed by atoms with Crippen LogP contribution >= 0.6 is 0 Å². The van der Waals surface area contributed by atoms with E-state index in [0.717, 1.165) is 0 Å². The molecule has 0 aromatic rings. The summed E-state index contributed by atoms with van der Waals surface area (Å²) in [4.78, 5) is 0. The molecule has 1 aliphatic rings. The molecule has 0 spiro atoms. The first-order valence-corrected chi connectivity index (χ1v) is 14.8. The summed E-state index contributed by atoms with van der Waals surface area (Å²) in [5.41, 5.74) is 0. The normalized spacial score (nSPS) is 28.8. The summed E-state index contributed by atoms with van der Waals surface area (Å²) in [7, 11) is 3.05. The van der Waals surface area contributed by atoms with E-state index in [-0.39, 0.29) is 9.84 Å². The average molecular weight is 291 g/mol. The molecule has 8 heteroatoms. The second kappa shape index (κ2) is 4.57. The number of nitrogens with zero attached hydrogens (tertiary/aromatic N) is 4. The second-order valence-corrected chi connectivity index (χ2v) is 20.2. The van der Waals surface area contributed by atoms with Crippen molar-refractivity contribution in [2.45, 2.75) is 32.7 Å². The van der Waals surface area contributed by atoms with Crippen molar-refractivity contribution in [3.63, 3.8) is 0 Å². The van der Waals surface area contributed by atoms with Gasteiger partial charge in [0.25, 0.3) is 0 Å². The Balaban J connectivity index is 3.21. The maximum absolute atomic E-state index is 5.01. The minimum atomic E-state index is -1.46. The van der Waals surface area contributed by atoms with E-state index in [9.17, 15) is 0 Å². The van der Waals surface area contributed by atoms with Gasteiger partial charge in [-0.2, -0.15) is 0 Å². The van der Waals surface area contributed by atoms with Crippen molar-refractivity contribution in [3.05, 3.63) is 0 Å². The van der Waals surface area contributed by atoms with E-state index in [0.29, 0.717) is 0 Å². The molecule has 0 bridgehead atoms. The molecule has 1 heterocycles. The molecule has 0 unspecified atom stereocenters. The minimum absolute atomic E-state index is 0.384. The van der Waals surface area contributed by atoms with Crippen LogP contribution in [0.3, 0.4) is 0 Å². The van der Waals surface area contributed by atoms with Crippen molar-refractivity contribution in [1.29, 1.82) is 0 Å². The fraction of sp³-hybridized carbons (Fsp3) is 1.00. The summed E-state index contributed by atoms with van der Waals surface area (Å²) < 4.78 is 13.0. The first-order chi connectivity index (χ1) is 7.11. The summed E-state index contributed by atoms with van der Waals surface area (Å²) in [5, 5.41) is 0. The highest BCUT2D eigenvalue weighted by Gasteiger charge is 2.45. The highest BCUT2D eigenvalue weighted by Crippen LogP contribution is 2.23. The molecule has 0 N–H and O–H groups in total. The van der Waals surface area contributed by atoms with E-state index in [1.807, 2.05) is 0 Å². The quantitative estimate of drug-likeness (QED) is 0.610. The number of hydrogen-bond acceptors (Lipinski definition) is 4. The van der Waals surface area contributed by atoms with E-state index in [4.69, 9.17) is 4.30 Å². The van der Waals surface area contributed by atoms with Gasteiger partial charge in [-0.05, 0) is 53.9 Å². The molecule has 1 rings (SSSR count). The summed E-state index contributed by atoms with van der Waals surface area (Å²) >= 11 is 0. The number of hydrogen-bond donors (Lipinski definition) is 0. The summed E-state index contributed by atoms with van der Waals surface area (Å²) in [5.74, 6) is 0. The molecule has 4 nitrogen and oxygen atoms in total. The van der Waals surface area contributed by atoms with E-state index < -0.39 is 25.5 Å². The van der Waals surface area contributed by atoms with E-state index in [1.54, 1.807) is 0 Å². The third-order valence-corrected chi connectivity index (χ3v) is 23.6. The lowest BCUT2D eigenvalue weighted by molar-refractivity contribution is 0.574. The molecule has 0 radical (unpaired) electrons. The van der Waals surface area contributed by atoms with Gasteiger partial charge < -0.3 is 17.0 Å². The minimum Gasteiger partial charge on any atom is -0.412 e. The molecule has 1 aliphatic heterocycles. The van der Waals surface area contributed by atoms with Gasteiger partial charge in [-0.15, -0.1) is 0 Å². The molecule has 0 aromatic carbocycles. The Kier molecular flexibility index (Phi) is 4.13. The van der Waals surface area contributed by atoms with Crippen LogP contribution in [0.5, 0.6) is 0 Å².